The number of nitrogens with zero attached hydrogens (tertiary/aromatic N) is 4. The fraction of sp³-hybridized carbons (Fsp3) is 0.538. The van der Waals surface area contributed by atoms with Crippen molar-refractivity contribution in [2.75, 3.05) is 5.32 Å². The molecule has 0 saturated heterocycles. The first-order valence-corrected chi connectivity index (χ1v) is 6.37. The van der Waals surface area contributed by atoms with Crippen molar-refractivity contribution >= 4 is 5.95 Å². The molecule has 5 heteroatoms. The van der Waals surface area contributed by atoms with Gasteiger partial charge in [0.2, 0.25) is 5.95 Å². The Morgan fingerprint density at radius 2 is 2.11 bits per heavy atom. The minimum absolute atomic E-state index is 0.770. The molecule has 0 saturated carbocycles. The summed E-state index contributed by atoms with van der Waals surface area (Å²) >= 11 is 0. The molecule has 0 unspecified atom stereocenters. The van der Waals surface area contributed by atoms with E-state index in [1.165, 1.54) is 11.3 Å². The molecule has 2 rings (SSSR count). The molecule has 0 spiro atoms. The highest BCUT2D eigenvalue weighted by Crippen LogP contribution is 2.14. The van der Waals surface area contributed by atoms with Crippen LogP contribution < -0.4 is 5.32 Å². The largest absolute Gasteiger partial charge is 0.351 e. The van der Waals surface area contributed by atoms with Gasteiger partial charge < -0.3 is 9.88 Å². The summed E-state index contributed by atoms with van der Waals surface area (Å²) in [6.07, 6.45) is 4.95. The van der Waals surface area contributed by atoms with Crippen LogP contribution in [0.3, 0.4) is 0 Å². The van der Waals surface area contributed by atoms with Gasteiger partial charge >= 0.3 is 0 Å². The van der Waals surface area contributed by atoms with Gasteiger partial charge in [0, 0.05) is 43.8 Å². The van der Waals surface area contributed by atoms with E-state index in [1.807, 2.05) is 31.0 Å². The molecule has 2 heterocycles. The Kier molecular flexibility index (Phi) is 3.69. The minimum atomic E-state index is 0.770. The average Bonchev–Trinajstić information content (AvgIpc) is 2.85. The van der Waals surface area contributed by atoms with Crippen molar-refractivity contribution in [3.8, 4) is 0 Å². The van der Waals surface area contributed by atoms with Gasteiger partial charge in [-0.3, -0.25) is 4.68 Å². The second-order valence-corrected chi connectivity index (χ2v) is 4.57. The summed E-state index contributed by atoms with van der Waals surface area (Å²) < 4.78 is 4.06. The number of hydrogen-bond donors (Lipinski definition) is 1. The number of rotatable bonds is 5. The van der Waals surface area contributed by atoms with Gasteiger partial charge in [0.15, 0.2) is 0 Å². The lowest BCUT2D eigenvalue weighted by molar-refractivity contribution is 0.682. The SMILES string of the molecule is CCCn1ccnc1NCc1c(C)nn(C)c1C. The molecule has 98 valence electrons. The summed E-state index contributed by atoms with van der Waals surface area (Å²) in [5.74, 6) is 0.930. The molecule has 0 bridgehead atoms. The van der Waals surface area contributed by atoms with Gasteiger partial charge in [-0.2, -0.15) is 5.10 Å². The van der Waals surface area contributed by atoms with Gasteiger partial charge in [-0.25, -0.2) is 4.98 Å². The number of aromatic nitrogens is 4. The van der Waals surface area contributed by atoms with E-state index >= 15 is 0 Å². The molecular formula is C13H21N5. The van der Waals surface area contributed by atoms with Gasteiger partial charge in [0.1, 0.15) is 0 Å². The van der Waals surface area contributed by atoms with Gasteiger partial charge in [-0.15, -0.1) is 0 Å². The van der Waals surface area contributed by atoms with Crippen molar-refractivity contribution in [3.63, 3.8) is 0 Å². The molecule has 0 fully saturated rings. The van der Waals surface area contributed by atoms with E-state index < -0.39 is 0 Å². The second-order valence-electron chi connectivity index (χ2n) is 4.57. The van der Waals surface area contributed by atoms with Crippen LogP contribution in [0.1, 0.15) is 30.3 Å². The third kappa shape index (κ3) is 2.39. The van der Waals surface area contributed by atoms with Crippen LogP contribution in [0, 0.1) is 13.8 Å². The van der Waals surface area contributed by atoms with Crippen LogP contribution in [0.4, 0.5) is 5.95 Å². The predicted molar refractivity (Wildman–Crippen MR) is 72.5 cm³/mol. The van der Waals surface area contributed by atoms with Gasteiger partial charge in [-0.1, -0.05) is 6.92 Å². The number of hydrogen-bond acceptors (Lipinski definition) is 3. The Bertz CT molecular complexity index is 523. The monoisotopic (exact) mass is 247 g/mol. The molecule has 0 aliphatic carbocycles. The summed E-state index contributed by atoms with van der Waals surface area (Å²) in [5, 5.41) is 7.81. The van der Waals surface area contributed by atoms with Crippen molar-refractivity contribution in [2.24, 2.45) is 7.05 Å². The van der Waals surface area contributed by atoms with E-state index in [-0.39, 0.29) is 0 Å². The first kappa shape index (κ1) is 12.7. The average molecular weight is 247 g/mol. The maximum Gasteiger partial charge on any atom is 0.203 e. The van der Waals surface area contributed by atoms with E-state index in [2.05, 4.69) is 33.8 Å². The molecule has 0 radical (unpaired) electrons. The fourth-order valence-corrected chi connectivity index (χ4v) is 2.14. The van der Waals surface area contributed by atoms with Crippen molar-refractivity contribution in [1.29, 1.82) is 0 Å². The molecule has 1 N–H and O–H groups in total. The topological polar surface area (TPSA) is 47.7 Å². The van der Waals surface area contributed by atoms with E-state index in [1.54, 1.807) is 0 Å². The lowest BCUT2D eigenvalue weighted by atomic mass is 10.2. The van der Waals surface area contributed by atoms with Crippen LogP contribution in [0.25, 0.3) is 0 Å². The van der Waals surface area contributed by atoms with Gasteiger partial charge in [0.05, 0.1) is 5.69 Å². The minimum Gasteiger partial charge on any atom is -0.351 e. The number of imidazole rings is 1. The summed E-state index contributed by atoms with van der Waals surface area (Å²) in [7, 11) is 1.98. The normalized spacial score (nSPS) is 10.9. The Morgan fingerprint density at radius 3 is 2.72 bits per heavy atom. The maximum absolute atomic E-state index is 4.42. The van der Waals surface area contributed by atoms with Crippen LogP contribution >= 0.6 is 0 Å². The third-order valence-corrected chi connectivity index (χ3v) is 3.26. The van der Waals surface area contributed by atoms with Gasteiger partial charge in [-0.05, 0) is 20.3 Å². The molecule has 18 heavy (non-hydrogen) atoms. The molecule has 5 nitrogen and oxygen atoms in total. The molecular weight excluding hydrogens is 226 g/mol. The van der Waals surface area contributed by atoms with Crippen molar-refractivity contribution in [1.82, 2.24) is 19.3 Å². The lowest BCUT2D eigenvalue weighted by Gasteiger charge is -2.09. The first-order chi connectivity index (χ1) is 8.63. The number of aryl methyl sites for hydroxylation is 3. The molecule has 2 aromatic heterocycles. The standard InChI is InChI=1S/C13H21N5/c1-5-7-18-8-6-14-13(18)15-9-12-10(2)16-17(4)11(12)3/h6,8H,5,7,9H2,1-4H3,(H,14,15). The highest BCUT2D eigenvalue weighted by atomic mass is 15.3. The molecule has 0 aliphatic rings. The highest BCUT2D eigenvalue weighted by Gasteiger charge is 2.10. The van der Waals surface area contributed by atoms with Crippen molar-refractivity contribution in [3.05, 3.63) is 29.3 Å². The van der Waals surface area contributed by atoms with Crippen LogP contribution in [0.5, 0.6) is 0 Å². The van der Waals surface area contributed by atoms with E-state index in [9.17, 15) is 0 Å². The molecule has 0 aromatic carbocycles. The lowest BCUT2D eigenvalue weighted by Crippen LogP contribution is -2.08. The van der Waals surface area contributed by atoms with Crippen LogP contribution in [0.15, 0.2) is 12.4 Å². The molecule has 0 atom stereocenters. The smallest absolute Gasteiger partial charge is 0.203 e. The second kappa shape index (κ2) is 5.25. The maximum atomic E-state index is 4.42. The van der Waals surface area contributed by atoms with E-state index in [4.69, 9.17) is 0 Å². The zero-order valence-electron chi connectivity index (χ0n) is 11.6. The Hall–Kier alpha value is -1.78. The Morgan fingerprint density at radius 1 is 1.33 bits per heavy atom. The van der Waals surface area contributed by atoms with Crippen LogP contribution in [-0.2, 0) is 20.1 Å². The Balaban J connectivity index is 2.09. The van der Waals surface area contributed by atoms with Crippen molar-refractivity contribution < 1.29 is 0 Å². The first-order valence-electron chi connectivity index (χ1n) is 6.37. The number of nitrogens with one attached hydrogen (secondary N) is 1. The van der Waals surface area contributed by atoms with E-state index in [0.29, 0.717) is 0 Å². The molecule has 0 aliphatic heterocycles. The zero-order valence-corrected chi connectivity index (χ0v) is 11.6. The van der Waals surface area contributed by atoms with Gasteiger partial charge in [0.25, 0.3) is 0 Å². The van der Waals surface area contributed by atoms with Crippen molar-refractivity contribution in [2.45, 2.75) is 40.3 Å². The van der Waals surface area contributed by atoms with Crippen LogP contribution in [0.2, 0.25) is 0 Å². The summed E-state index contributed by atoms with van der Waals surface area (Å²) in [4.78, 5) is 4.34. The fourth-order valence-electron chi connectivity index (χ4n) is 2.14. The zero-order chi connectivity index (χ0) is 13.1. The van der Waals surface area contributed by atoms with Crippen LogP contribution in [-0.4, -0.2) is 19.3 Å². The molecule has 2 aromatic rings. The number of anilines is 1. The molecule has 0 amide bonds. The third-order valence-electron chi connectivity index (χ3n) is 3.26. The van der Waals surface area contributed by atoms with E-state index in [0.717, 1.165) is 31.2 Å². The summed E-state index contributed by atoms with van der Waals surface area (Å²) in [6, 6.07) is 0. The highest BCUT2D eigenvalue weighted by molar-refractivity contribution is 5.32. The Labute approximate surface area is 108 Å². The summed E-state index contributed by atoms with van der Waals surface area (Å²) in [6.45, 7) is 8.07. The predicted octanol–water partition coefficient (Wildman–Crippen LogP) is 2.26. The quantitative estimate of drug-likeness (QED) is 0.881. The summed E-state index contributed by atoms with van der Waals surface area (Å²) in [5.41, 5.74) is 3.54.